The fourth-order valence-electron chi connectivity index (χ4n) is 2.48. The first-order valence-electron chi connectivity index (χ1n) is 6.38. The molecular weight excluding hydrogens is 222 g/mol. The van der Waals surface area contributed by atoms with E-state index in [1.165, 1.54) is 0 Å². The van der Waals surface area contributed by atoms with Gasteiger partial charge in [0.1, 0.15) is 11.6 Å². The number of hydrogen-bond acceptors (Lipinski definition) is 4. The van der Waals surface area contributed by atoms with Gasteiger partial charge in [-0.15, -0.1) is 0 Å². The number of nitrogens with one attached hydrogen (secondary N) is 1. The Bertz CT molecular complexity index is 280. The van der Waals surface area contributed by atoms with Gasteiger partial charge < -0.3 is 19.9 Å². The van der Waals surface area contributed by atoms with Crippen molar-refractivity contribution in [1.82, 2.24) is 5.32 Å². The van der Waals surface area contributed by atoms with E-state index in [9.17, 15) is 9.90 Å². The zero-order valence-corrected chi connectivity index (χ0v) is 10.3. The van der Waals surface area contributed by atoms with Crippen LogP contribution in [0.1, 0.15) is 32.6 Å². The zero-order valence-electron chi connectivity index (χ0n) is 10.3. The molecule has 0 aromatic carbocycles. The number of hydrogen-bond donors (Lipinski definition) is 2. The molecule has 1 heterocycles. The summed E-state index contributed by atoms with van der Waals surface area (Å²) in [6, 6.07) is 0. The van der Waals surface area contributed by atoms with Crippen LogP contribution in [0.15, 0.2) is 0 Å². The van der Waals surface area contributed by atoms with Gasteiger partial charge in [-0.1, -0.05) is 6.92 Å². The Kier molecular flexibility index (Phi) is 4.01. The van der Waals surface area contributed by atoms with E-state index in [1.807, 2.05) is 6.92 Å². The molecule has 1 aliphatic heterocycles. The van der Waals surface area contributed by atoms with E-state index in [4.69, 9.17) is 9.47 Å². The van der Waals surface area contributed by atoms with Gasteiger partial charge in [0, 0.05) is 6.42 Å². The van der Waals surface area contributed by atoms with Gasteiger partial charge >= 0.3 is 5.97 Å². The summed E-state index contributed by atoms with van der Waals surface area (Å²) >= 11 is 0. The van der Waals surface area contributed by atoms with E-state index in [0.717, 1.165) is 19.4 Å². The molecule has 5 nitrogen and oxygen atoms in total. The third-order valence-electron chi connectivity index (χ3n) is 3.58. The van der Waals surface area contributed by atoms with Crippen molar-refractivity contribution in [3.63, 3.8) is 0 Å². The molecule has 2 rings (SSSR count). The molecule has 2 aliphatic rings. The molecule has 0 bridgehead atoms. The number of carboxylic acid groups (broad SMARTS) is 1. The highest BCUT2D eigenvalue weighted by Gasteiger charge is 2.46. The van der Waals surface area contributed by atoms with Crippen LogP contribution in [-0.2, 0) is 14.3 Å². The molecule has 0 aromatic rings. The van der Waals surface area contributed by atoms with E-state index >= 15 is 0 Å². The normalized spacial score (nSPS) is 33.6. The lowest BCUT2D eigenvalue weighted by Gasteiger charge is -2.30. The van der Waals surface area contributed by atoms with Crippen LogP contribution in [0.25, 0.3) is 0 Å². The molecule has 2 fully saturated rings. The lowest BCUT2D eigenvalue weighted by Crippen LogP contribution is -2.51. The molecule has 2 atom stereocenters. The largest absolute Gasteiger partial charge is 0.480 e. The maximum atomic E-state index is 11.4. The maximum Gasteiger partial charge on any atom is 0.323 e. The van der Waals surface area contributed by atoms with Crippen LogP contribution in [-0.4, -0.2) is 48.6 Å². The number of ether oxygens (including phenoxy) is 2. The molecule has 5 heteroatoms. The molecule has 1 aliphatic carbocycles. The van der Waals surface area contributed by atoms with Gasteiger partial charge in [-0.2, -0.15) is 0 Å². The standard InChI is InChI=1S/C12H21NO4/c1-2-5-13-12(11(14)15)4-3-9(6-12)17-10-7-16-8-10/h9-10,13H,2-8H2,1H3,(H,14,15). The second kappa shape index (κ2) is 5.33. The van der Waals surface area contributed by atoms with Crippen molar-refractivity contribution < 1.29 is 19.4 Å². The summed E-state index contributed by atoms with van der Waals surface area (Å²) in [5.41, 5.74) is -0.773. The second-order valence-corrected chi connectivity index (χ2v) is 4.97. The van der Waals surface area contributed by atoms with Crippen LogP contribution in [0.4, 0.5) is 0 Å². The summed E-state index contributed by atoms with van der Waals surface area (Å²) in [4.78, 5) is 11.4. The SMILES string of the molecule is CCCNC1(C(=O)O)CCC(OC2COC2)C1. The van der Waals surface area contributed by atoms with Crippen molar-refractivity contribution in [3.8, 4) is 0 Å². The van der Waals surface area contributed by atoms with Crippen LogP contribution in [0.2, 0.25) is 0 Å². The third kappa shape index (κ3) is 2.78. The minimum absolute atomic E-state index is 0.0596. The lowest BCUT2D eigenvalue weighted by molar-refractivity contribution is -0.157. The van der Waals surface area contributed by atoms with E-state index in [-0.39, 0.29) is 12.2 Å². The highest BCUT2D eigenvalue weighted by molar-refractivity contribution is 5.79. The fourth-order valence-corrected chi connectivity index (χ4v) is 2.48. The van der Waals surface area contributed by atoms with Gasteiger partial charge in [0.05, 0.1) is 19.3 Å². The first-order chi connectivity index (χ1) is 8.16. The summed E-state index contributed by atoms with van der Waals surface area (Å²) < 4.78 is 10.9. The highest BCUT2D eigenvalue weighted by atomic mass is 16.6. The lowest BCUT2D eigenvalue weighted by atomic mass is 9.97. The Hall–Kier alpha value is -0.650. The number of aliphatic carboxylic acids is 1. The molecule has 17 heavy (non-hydrogen) atoms. The second-order valence-electron chi connectivity index (χ2n) is 4.97. The molecule has 0 spiro atoms. The van der Waals surface area contributed by atoms with Crippen molar-refractivity contribution in [3.05, 3.63) is 0 Å². The molecular formula is C12H21NO4. The fraction of sp³-hybridized carbons (Fsp3) is 0.917. The van der Waals surface area contributed by atoms with Crippen molar-refractivity contribution >= 4 is 5.97 Å². The van der Waals surface area contributed by atoms with E-state index in [2.05, 4.69) is 5.32 Å². The quantitative estimate of drug-likeness (QED) is 0.721. The van der Waals surface area contributed by atoms with Crippen LogP contribution < -0.4 is 5.32 Å². The van der Waals surface area contributed by atoms with Gasteiger partial charge in [0.2, 0.25) is 0 Å². The van der Waals surface area contributed by atoms with Crippen molar-refractivity contribution in [1.29, 1.82) is 0 Å². The van der Waals surface area contributed by atoms with Gasteiger partial charge in [0.25, 0.3) is 0 Å². The first kappa shape index (κ1) is 12.8. The topological polar surface area (TPSA) is 67.8 Å². The summed E-state index contributed by atoms with van der Waals surface area (Å²) in [5, 5.41) is 12.5. The minimum Gasteiger partial charge on any atom is -0.480 e. The van der Waals surface area contributed by atoms with E-state index in [0.29, 0.717) is 26.1 Å². The third-order valence-corrected chi connectivity index (χ3v) is 3.58. The molecule has 0 aromatic heterocycles. The monoisotopic (exact) mass is 243 g/mol. The van der Waals surface area contributed by atoms with Gasteiger partial charge in [0.15, 0.2) is 0 Å². The number of carbonyl (C=O) groups is 1. The van der Waals surface area contributed by atoms with Crippen LogP contribution in [0.5, 0.6) is 0 Å². The Morgan fingerprint density at radius 3 is 2.82 bits per heavy atom. The first-order valence-corrected chi connectivity index (χ1v) is 6.38. The number of carboxylic acids is 1. The van der Waals surface area contributed by atoms with Crippen LogP contribution >= 0.6 is 0 Å². The highest BCUT2D eigenvalue weighted by Crippen LogP contribution is 2.33. The predicted molar refractivity (Wildman–Crippen MR) is 62.0 cm³/mol. The molecule has 98 valence electrons. The Balaban J connectivity index is 1.88. The van der Waals surface area contributed by atoms with Gasteiger partial charge in [-0.05, 0) is 25.8 Å². The minimum atomic E-state index is -0.773. The molecule has 2 unspecified atom stereocenters. The maximum absolute atomic E-state index is 11.4. The molecule has 2 N–H and O–H groups in total. The zero-order chi connectivity index (χ0) is 12.3. The molecule has 0 amide bonds. The van der Waals surface area contributed by atoms with Gasteiger partial charge in [-0.25, -0.2) is 0 Å². The predicted octanol–water partition coefficient (Wildman–Crippen LogP) is 0.777. The Labute approximate surface area is 101 Å². The molecule has 0 radical (unpaired) electrons. The summed E-state index contributed by atoms with van der Waals surface area (Å²) in [6.07, 6.45) is 3.22. The van der Waals surface area contributed by atoms with Crippen molar-refractivity contribution in [2.45, 2.75) is 50.4 Å². The molecule has 1 saturated carbocycles. The summed E-state index contributed by atoms with van der Waals surface area (Å²) in [7, 11) is 0. The van der Waals surface area contributed by atoms with Crippen LogP contribution in [0, 0.1) is 0 Å². The van der Waals surface area contributed by atoms with E-state index in [1.54, 1.807) is 0 Å². The van der Waals surface area contributed by atoms with Crippen LogP contribution in [0.3, 0.4) is 0 Å². The summed E-state index contributed by atoms with van der Waals surface area (Å²) in [6.45, 7) is 4.08. The van der Waals surface area contributed by atoms with Crippen molar-refractivity contribution in [2.24, 2.45) is 0 Å². The summed E-state index contributed by atoms with van der Waals surface area (Å²) in [5.74, 6) is -0.748. The molecule has 1 saturated heterocycles. The average Bonchev–Trinajstić information content (AvgIpc) is 2.66. The smallest absolute Gasteiger partial charge is 0.323 e. The number of rotatable bonds is 6. The van der Waals surface area contributed by atoms with E-state index < -0.39 is 11.5 Å². The Morgan fingerprint density at radius 2 is 2.29 bits per heavy atom. The van der Waals surface area contributed by atoms with Crippen molar-refractivity contribution in [2.75, 3.05) is 19.8 Å². The Morgan fingerprint density at radius 1 is 1.53 bits per heavy atom. The van der Waals surface area contributed by atoms with Gasteiger partial charge in [-0.3, -0.25) is 4.79 Å². The average molecular weight is 243 g/mol.